The van der Waals surface area contributed by atoms with Gasteiger partial charge in [-0.2, -0.15) is 4.39 Å². The van der Waals surface area contributed by atoms with Gasteiger partial charge in [0, 0.05) is 42.2 Å². The van der Waals surface area contributed by atoms with Crippen molar-refractivity contribution in [1.29, 1.82) is 0 Å². The Morgan fingerprint density at radius 1 is 1.10 bits per heavy atom. The number of fused-ring (bicyclic) bond motifs is 1. The van der Waals surface area contributed by atoms with Crippen molar-refractivity contribution >= 4 is 5.95 Å². The molecule has 0 unspecified atom stereocenters. The molecule has 102 valence electrons. The summed E-state index contributed by atoms with van der Waals surface area (Å²) in [5.41, 5.74) is 4.00. The minimum absolute atomic E-state index is 0.460. The molecule has 0 bridgehead atoms. The molecule has 0 amide bonds. The highest BCUT2D eigenvalue weighted by Crippen LogP contribution is 2.32. The Morgan fingerprint density at radius 2 is 2.00 bits per heavy atom. The number of pyridine rings is 1. The van der Waals surface area contributed by atoms with Crippen molar-refractivity contribution in [2.24, 2.45) is 0 Å². The van der Waals surface area contributed by atoms with Gasteiger partial charge < -0.3 is 4.90 Å². The zero-order valence-electron chi connectivity index (χ0n) is 11.1. The van der Waals surface area contributed by atoms with Crippen LogP contribution in [0.2, 0.25) is 0 Å². The van der Waals surface area contributed by atoms with E-state index in [2.05, 4.69) is 14.9 Å². The van der Waals surface area contributed by atoms with E-state index in [9.17, 15) is 4.39 Å². The zero-order chi connectivity index (χ0) is 13.5. The number of hydrogen-bond donors (Lipinski definition) is 0. The maximum absolute atomic E-state index is 13.4. The van der Waals surface area contributed by atoms with Gasteiger partial charge in [0.1, 0.15) is 0 Å². The Balaban J connectivity index is 1.86. The van der Waals surface area contributed by atoms with Crippen LogP contribution in [-0.4, -0.2) is 28.0 Å². The van der Waals surface area contributed by atoms with Gasteiger partial charge in [-0.3, -0.25) is 0 Å². The van der Waals surface area contributed by atoms with E-state index >= 15 is 0 Å². The molecule has 2 aromatic rings. The second-order valence-electron chi connectivity index (χ2n) is 5.36. The smallest absolute Gasteiger partial charge is 0.226 e. The first-order valence-electron chi connectivity index (χ1n) is 7.08. The van der Waals surface area contributed by atoms with Crippen molar-refractivity contribution in [3.63, 3.8) is 0 Å². The van der Waals surface area contributed by atoms with Gasteiger partial charge in [0.25, 0.3) is 0 Å². The second-order valence-corrected chi connectivity index (χ2v) is 5.36. The van der Waals surface area contributed by atoms with Crippen LogP contribution >= 0.6 is 0 Å². The van der Waals surface area contributed by atoms with Crippen molar-refractivity contribution in [1.82, 2.24) is 15.0 Å². The molecule has 20 heavy (non-hydrogen) atoms. The third-order valence-electron chi connectivity index (χ3n) is 4.06. The molecule has 0 saturated carbocycles. The van der Waals surface area contributed by atoms with Crippen molar-refractivity contribution in [3.05, 3.63) is 35.5 Å². The van der Waals surface area contributed by atoms with Gasteiger partial charge in [-0.05, 0) is 31.7 Å². The Bertz CT molecular complexity index is 667. The summed E-state index contributed by atoms with van der Waals surface area (Å²) in [6.07, 6.45) is 5.78. The largest absolute Gasteiger partial charge is 0.341 e. The Hall–Kier alpha value is -2.04. The first kappa shape index (κ1) is 11.8. The van der Waals surface area contributed by atoms with Gasteiger partial charge in [0.2, 0.25) is 11.9 Å². The number of anilines is 1. The summed E-state index contributed by atoms with van der Waals surface area (Å²) in [5, 5.41) is 0. The summed E-state index contributed by atoms with van der Waals surface area (Å²) in [7, 11) is 0. The lowest BCUT2D eigenvalue weighted by atomic mass is 10.1. The molecule has 2 aliphatic rings. The summed E-state index contributed by atoms with van der Waals surface area (Å²) in [6, 6.07) is 3.28. The van der Waals surface area contributed by atoms with Crippen LogP contribution < -0.4 is 4.90 Å². The van der Waals surface area contributed by atoms with E-state index in [-0.39, 0.29) is 0 Å². The van der Waals surface area contributed by atoms with E-state index in [4.69, 9.17) is 4.98 Å². The fraction of sp³-hybridized carbons (Fsp3) is 0.400. The first-order valence-corrected chi connectivity index (χ1v) is 7.08. The van der Waals surface area contributed by atoms with Crippen molar-refractivity contribution < 1.29 is 4.39 Å². The van der Waals surface area contributed by atoms with E-state index in [1.54, 1.807) is 0 Å². The van der Waals surface area contributed by atoms with Crippen LogP contribution in [0.25, 0.3) is 11.3 Å². The summed E-state index contributed by atoms with van der Waals surface area (Å²) in [4.78, 5) is 15.2. The highest BCUT2D eigenvalue weighted by Gasteiger charge is 2.24. The third kappa shape index (κ3) is 1.85. The summed E-state index contributed by atoms with van der Waals surface area (Å²) in [5.74, 6) is 0.336. The Kier molecular flexibility index (Phi) is 2.65. The Morgan fingerprint density at radius 3 is 2.75 bits per heavy atom. The number of aryl methyl sites for hydroxylation is 1. The molecular weight excluding hydrogens is 255 g/mol. The average Bonchev–Trinajstić information content (AvgIpc) is 2.84. The SMILES string of the molecule is Fc1cc(-c2nc(N3CCC3)nc3c2CCC3)ccn1. The molecule has 0 aromatic carbocycles. The Labute approximate surface area is 116 Å². The standard InChI is InChI=1S/C15H15FN4/c16-13-9-10(5-6-17-13)14-11-3-1-4-12(11)18-15(19-14)20-7-2-8-20/h5-6,9H,1-4,7-8H2. The van der Waals surface area contributed by atoms with Crippen molar-refractivity contribution in [2.45, 2.75) is 25.7 Å². The molecule has 0 radical (unpaired) electrons. The molecule has 1 aliphatic carbocycles. The predicted octanol–water partition coefficient (Wildman–Crippen LogP) is 2.38. The van der Waals surface area contributed by atoms with Gasteiger partial charge in [0.15, 0.2) is 0 Å². The van der Waals surface area contributed by atoms with Gasteiger partial charge in [-0.15, -0.1) is 0 Å². The molecule has 0 spiro atoms. The molecule has 1 saturated heterocycles. The first-order chi connectivity index (χ1) is 9.81. The summed E-state index contributed by atoms with van der Waals surface area (Å²) < 4.78 is 13.4. The van der Waals surface area contributed by atoms with Crippen LogP contribution in [0.3, 0.4) is 0 Å². The number of nitrogens with zero attached hydrogens (tertiary/aromatic N) is 4. The van der Waals surface area contributed by atoms with Crippen LogP contribution in [-0.2, 0) is 12.8 Å². The molecule has 4 rings (SSSR count). The quantitative estimate of drug-likeness (QED) is 0.786. The van der Waals surface area contributed by atoms with Crippen LogP contribution in [0.1, 0.15) is 24.1 Å². The van der Waals surface area contributed by atoms with Crippen LogP contribution in [0.15, 0.2) is 18.3 Å². The highest BCUT2D eigenvalue weighted by molar-refractivity contribution is 5.66. The zero-order valence-corrected chi connectivity index (χ0v) is 11.1. The minimum Gasteiger partial charge on any atom is -0.341 e. The molecule has 4 nitrogen and oxygen atoms in total. The summed E-state index contributed by atoms with van der Waals surface area (Å²) >= 11 is 0. The maximum Gasteiger partial charge on any atom is 0.226 e. The highest BCUT2D eigenvalue weighted by atomic mass is 19.1. The van der Waals surface area contributed by atoms with Crippen LogP contribution in [0.4, 0.5) is 10.3 Å². The van der Waals surface area contributed by atoms with Crippen molar-refractivity contribution in [2.75, 3.05) is 18.0 Å². The molecule has 0 N–H and O–H groups in total. The van der Waals surface area contributed by atoms with Crippen LogP contribution in [0, 0.1) is 5.95 Å². The van der Waals surface area contributed by atoms with E-state index in [1.165, 1.54) is 24.2 Å². The lowest BCUT2D eigenvalue weighted by Gasteiger charge is -2.31. The second kappa shape index (κ2) is 4.51. The lowest BCUT2D eigenvalue weighted by molar-refractivity contribution is 0.584. The van der Waals surface area contributed by atoms with Crippen molar-refractivity contribution in [3.8, 4) is 11.3 Å². The number of halogens is 1. The fourth-order valence-corrected chi connectivity index (χ4v) is 2.87. The minimum atomic E-state index is -0.460. The lowest BCUT2D eigenvalue weighted by Crippen LogP contribution is -2.38. The van der Waals surface area contributed by atoms with Gasteiger partial charge in [-0.1, -0.05) is 0 Å². The molecule has 2 aromatic heterocycles. The van der Waals surface area contributed by atoms with E-state index < -0.39 is 5.95 Å². The molecule has 1 aliphatic heterocycles. The normalized spacial score (nSPS) is 16.9. The van der Waals surface area contributed by atoms with Gasteiger partial charge in [0.05, 0.1) is 5.69 Å². The predicted molar refractivity (Wildman–Crippen MR) is 74.1 cm³/mol. The topological polar surface area (TPSA) is 41.9 Å². The number of rotatable bonds is 2. The average molecular weight is 270 g/mol. The number of aromatic nitrogens is 3. The molecule has 0 atom stereocenters. The molecular formula is C15H15FN4. The molecule has 5 heteroatoms. The third-order valence-corrected chi connectivity index (χ3v) is 4.06. The van der Waals surface area contributed by atoms with E-state index in [0.29, 0.717) is 0 Å². The molecule has 1 fully saturated rings. The summed E-state index contributed by atoms with van der Waals surface area (Å²) in [6.45, 7) is 2.03. The van der Waals surface area contributed by atoms with Gasteiger partial charge in [-0.25, -0.2) is 15.0 Å². The molecule has 3 heterocycles. The van der Waals surface area contributed by atoms with E-state index in [0.717, 1.165) is 55.3 Å². The fourth-order valence-electron chi connectivity index (χ4n) is 2.87. The monoisotopic (exact) mass is 270 g/mol. The van der Waals surface area contributed by atoms with Crippen LogP contribution in [0.5, 0.6) is 0 Å². The van der Waals surface area contributed by atoms with E-state index in [1.807, 2.05) is 6.07 Å². The van der Waals surface area contributed by atoms with Gasteiger partial charge >= 0.3 is 0 Å². The number of hydrogen-bond acceptors (Lipinski definition) is 4. The maximum atomic E-state index is 13.4.